The summed E-state index contributed by atoms with van der Waals surface area (Å²) in [4.78, 5) is 0. The topological polar surface area (TPSA) is 9.23 Å². The van der Waals surface area contributed by atoms with Gasteiger partial charge in [0.1, 0.15) is 0 Å². The first kappa shape index (κ1) is 19.4. The van der Waals surface area contributed by atoms with Gasteiger partial charge in [0, 0.05) is 11.1 Å². The summed E-state index contributed by atoms with van der Waals surface area (Å²) in [5.74, 6) is 6.63. The number of ether oxygens (including phenoxy) is 1. The second-order valence-corrected chi connectivity index (χ2v) is 6.36. The Kier molecular flexibility index (Phi) is 7.44. The zero-order valence-corrected chi connectivity index (χ0v) is 15.9. The standard InChI is InChI=1S/C27H24O/c1-2-22-28-27(26-16-10-5-11-17-26)21-20-25(24-14-8-4-9-15-24)19-18-23-12-6-3-7-13-23/h2-17,20,27H,1,21-22H2/b25-20+. The van der Waals surface area contributed by atoms with Crippen molar-refractivity contribution in [3.63, 3.8) is 0 Å². The molecule has 0 aliphatic rings. The highest BCUT2D eigenvalue weighted by Crippen LogP contribution is 2.24. The summed E-state index contributed by atoms with van der Waals surface area (Å²) in [7, 11) is 0. The summed E-state index contributed by atoms with van der Waals surface area (Å²) < 4.78 is 6.02. The molecule has 0 saturated carbocycles. The van der Waals surface area contributed by atoms with E-state index < -0.39 is 0 Å². The highest BCUT2D eigenvalue weighted by molar-refractivity contribution is 5.79. The maximum absolute atomic E-state index is 6.02. The minimum absolute atomic E-state index is 0.0311. The van der Waals surface area contributed by atoms with Crippen LogP contribution in [0, 0.1) is 11.8 Å². The van der Waals surface area contributed by atoms with Crippen molar-refractivity contribution in [1.29, 1.82) is 0 Å². The number of hydrogen-bond donors (Lipinski definition) is 0. The zero-order valence-electron chi connectivity index (χ0n) is 15.9. The summed E-state index contributed by atoms with van der Waals surface area (Å²) in [5.41, 5.74) is 4.28. The van der Waals surface area contributed by atoms with Gasteiger partial charge in [-0.25, -0.2) is 0 Å². The number of benzene rings is 3. The van der Waals surface area contributed by atoms with Gasteiger partial charge in [0.2, 0.25) is 0 Å². The third-order valence-corrected chi connectivity index (χ3v) is 4.32. The summed E-state index contributed by atoms with van der Waals surface area (Å²) in [6.45, 7) is 4.29. The molecule has 138 valence electrons. The van der Waals surface area contributed by atoms with E-state index in [1.807, 2.05) is 66.7 Å². The van der Waals surface area contributed by atoms with Crippen LogP contribution in [0.15, 0.2) is 110 Å². The SMILES string of the molecule is C=CCOC(C/C=C(\C#Cc1ccccc1)c1ccccc1)c1ccccc1. The minimum Gasteiger partial charge on any atom is -0.369 e. The van der Waals surface area contributed by atoms with E-state index in [4.69, 9.17) is 4.74 Å². The monoisotopic (exact) mass is 364 g/mol. The molecule has 0 bridgehead atoms. The average molecular weight is 364 g/mol. The van der Waals surface area contributed by atoms with E-state index in [-0.39, 0.29) is 6.10 Å². The fourth-order valence-corrected chi connectivity index (χ4v) is 2.90. The molecule has 0 aliphatic carbocycles. The first-order valence-electron chi connectivity index (χ1n) is 9.47. The van der Waals surface area contributed by atoms with Gasteiger partial charge >= 0.3 is 0 Å². The van der Waals surface area contributed by atoms with E-state index in [0.717, 1.165) is 28.7 Å². The predicted molar refractivity (Wildman–Crippen MR) is 118 cm³/mol. The van der Waals surface area contributed by atoms with E-state index in [1.54, 1.807) is 6.08 Å². The van der Waals surface area contributed by atoms with Gasteiger partial charge in [-0.2, -0.15) is 0 Å². The van der Waals surface area contributed by atoms with Crippen LogP contribution in [0.2, 0.25) is 0 Å². The van der Waals surface area contributed by atoms with Crippen LogP contribution in [0.1, 0.15) is 29.2 Å². The fraction of sp³-hybridized carbons (Fsp3) is 0.111. The number of rotatable bonds is 7. The molecule has 0 N–H and O–H groups in total. The van der Waals surface area contributed by atoms with Crippen molar-refractivity contribution < 1.29 is 4.74 Å². The Morgan fingerprint density at radius 2 is 1.46 bits per heavy atom. The fourth-order valence-electron chi connectivity index (χ4n) is 2.90. The Labute approximate surface area is 168 Å². The van der Waals surface area contributed by atoms with E-state index in [9.17, 15) is 0 Å². The first-order chi connectivity index (χ1) is 13.9. The maximum atomic E-state index is 6.02. The Bertz CT molecular complexity index is 945. The van der Waals surface area contributed by atoms with Crippen LogP contribution in [0.5, 0.6) is 0 Å². The molecule has 0 radical (unpaired) electrons. The van der Waals surface area contributed by atoms with Crippen LogP contribution in [0.3, 0.4) is 0 Å². The van der Waals surface area contributed by atoms with Crippen molar-refractivity contribution in [1.82, 2.24) is 0 Å². The van der Waals surface area contributed by atoms with E-state index in [1.165, 1.54) is 0 Å². The van der Waals surface area contributed by atoms with Crippen molar-refractivity contribution in [2.45, 2.75) is 12.5 Å². The molecule has 1 atom stereocenters. The van der Waals surface area contributed by atoms with Gasteiger partial charge in [0.05, 0.1) is 12.7 Å². The molecule has 0 saturated heterocycles. The Morgan fingerprint density at radius 3 is 2.11 bits per heavy atom. The Hall–Kier alpha value is -3.34. The van der Waals surface area contributed by atoms with Crippen LogP contribution in [0.25, 0.3) is 5.57 Å². The van der Waals surface area contributed by atoms with Gasteiger partial charge < -0.3 is 4.74 Å². The van der Waals surface area contributed by atoms with Crippen molar-refractivity contribution in [3.8, 4) is 11.8 Å². The van der Waals surface area contributed by atoms with Crippen molar-refractivity contribution in [2.24, 2.45) is 0 Å². The van der Waals surface area contributed by atoms with Crippen LogP contribution < -0.4 is 0 Å². The molecule has 1 heteroatoms. The molecule has 3 rings (SSSR count). The molecule has 3 aromatic carbocycles. The highest BCUT2D eigenvalue weighted by Gasteiger charge is 2.10. The molecule has 1 nitrogen and oxygen atoms in total. The van der Waals surface area contributed by atoms with Gasteiger partial charge in [0.25, 0.3) is 0 Å². The summed E-state index contributed by atoms with van der Waals surface area (Å²) in [6.07, 6.45) is 4.67. The molecular formula is C27H24O. The Morgan fingerprint density at radius 1 is 0.857 bits per heavy atom. The van der Waals surface area contributed by atoms with Gasteiger partial charge in [-0.05, 0) is 29.7 Å². The second-order valence-electron chi connectivity index (χ2n) is 6.36. The van der Waals surface area contributed by atoms with Crippen molar-refractivity contribution >= 4 is 5.57 Å². The lowest BCUT2D eigenvalue weighted by Gasteiger charge is -2.16. The lowest BCUT2D eigenvalue weighted by molar-refractivity contribution is 0.0767. The molecule has 0 amide bonds. The first-order valence-corrected chi connectivity index (χ1v) is 9.47. The molecule has 0 heterocycles. The molecule has 28 heavy (non-hydrogen) atoms. The lowest BCUT2D eigenvalue weighted by Crippen LogP contribution is -2.04. The molecule has 0 spiro atoms. The van der Waals surface area contributed by atoms with Crippen LogP contribution >= 0.6 is 0 Å². The minimum atomic E-state index is -0.0311. The second kappa shape index (κ2) is 10.7. The highest BCUT2D eigenvalue weighted by atomic mass is 16.5. The predicted octanol–water partition coefficient (Wildman–Crippen LogP) is 6.46. The summed E-state index contributed by atoms with van der Waals surface area (Å²) in [6, 6.07) is 30.6. The van der Waals surface area contributed by atoms with Gasteiger partial charge in [-0.15, -0.1) is 6.58 Å². The van der Waals surface area contributed by atoms with E-state index in [2.05, 4.69) is 48.8 Å². The largest absolute Gasteiger partial charge is 0.369 e. The Balaban J connectivity index is 1.89. The van der Waals surface area contributed by atoms with Crippen LogP contribution in [-0.2, 0) is 4.74 Å². The maximum Gasteiger partial charge on any atom is 0.0864 e. The van der Waals surface area contributed by atoms with E-state index in [0.29, 0.717) is 6.61 Å². The number of allylic oxidation sites excluding steroid dienone is 1. The zero-order chi connectivity index (χ0) is 19.4. The van der Waals surface area contributed by atoms with Crippen molar-refractivity contribution in [2.75, 3.05) is 6.61 Å². The quantitative estimate of drug-likeness (QED) is 0.345. The van der Waals surface area contributed by atoms with Crippen molar-refractivity contribution in [3.05, 3.63) is 126 Å². The molecule has 1 unspecified atom stereocenters. The molecule has 3 aromatic rings. The summed E-state index contributed by atoms with van der Waals surface area (Å²) >= 11 is 0. The van der Waals surface area contributed by atoms with Crippen LogP contribution in [-0.4, -0.2) is 6.61 Å². The molecular weight excluding hydrogens is 340 g/mol. The van der Waals surface area contributed by atoms with Gasteiger partial charge in [-0.3, -0.25) is 0 Å². The average Bonchev–Trinajstić information content (AvgIpc) is 2.77. The normalized spacial score (nSPS) is 11.9. The number of hydrogen-bond acceptors (Lipinski definition) is 1. The summed E-state index contributed by atoms with van der Waals surface area (Å²) in [5, 5.41) is 0. The smallest absolute Gasteiger partial charge is 0.0864 e. The molecule has 0 fully saturated rings. The molecule has 0 aliphatic heterocycles. The van der Waals surface area contributed by atoms with Crippen LogP contribution in [0.4, 0.5) is 0 Å². The third-order valence-electron chi connectivity index (χ3n) is 4.32. The van der Waals surface area contributed by atoms with Gasteiger partial charge in [-0.1, -0.05) is 103 Å². The molecule has 0 aromatic heterocycles. The lowest BCUT2D eigenvalue weighted by atomic mass is 10.0. The van der Waals surface area contributed by atoms with E-state index >= 15 is 0 Å². The third kappa shape index (κ3) is 5.84. The van der Waals surface area contributed by atoms with Gasteiger partial charge in [0.15, 0.2) is 0 Å².